The Labute approximate surface area is 121 Å². The number of rotatable bonds is 5. The molecule has 0 aromatic carbocycles. The summed E-state index contributed by atoms with van der Waals surface area (Å²) in [6.07, 6.45) is 6.99. The summed E-state index contributed by atoms with van der Waals surface area (Å²) in [5.74, 6) is 0.206. The van der Waals surface area contributed by atoms with Crippen molar-refractivity contribution in [3.63, 3.8) is 0 Å². The highest BCUT2D eigenvalue weighted by Crippen LogP contribution is 2.19. The van der Waals surface area contributed by atoms with Gasteiger partial charge < -0.3 is 10.2 Å². The molecule has 1 unspecified atom stereocenters. The van der Waals surface area contributed by atoms with Crippen molar-refractivity contribution in [2.24, 2.45) is 0 Å². The highest BCUT2D eigenvalue weighted by molar-refractivity contribution is 7.90. The molecular formula is C14H23N3O2S. The predicted molar refractivity (Wildman–Crippen MR) is 81.8 cm³/mol. The first-order chi connectivity index (χ1) is 9.44. The zero-order valence-electron chi connectivity index (χ0n) is 12.1. The molecule has 0 radical (unpaired) electrons. The Morgan fingerprint density at radius 1 is 1.35 bits per heavy atom. The third-order valence-electron chi connectivity index (χ3n) is 3.60. The van der Waals surface area contributed by atoms with Crippen LogP contribution in [0, 0.1) is 0 Å². The minimum Gasteiger partial charge on any atom is -0.371 e. The van der Waals surface area contributed by atoms with Crippen LogP contribution in [-0.4, -0.2) is 50.6 Å². The summed E-state index contributed by atoms with van der Waals surface area (Å²) in [7, 11) is -2.91. The van der Waals surface area contributed by atoms with Gasteiger partial charge in [0.2, 0.25) is 0 Å². The molecule has 1 aliphatic rings. The van der Waals surface area contributed by atoms with E-state index in [9.17, 15) is 8.42 Å². The van der Waals surface area contributed by atoms with Crippen LogP contribution in [-0.2, 0) is 9.84 Å². The molecule has 0 amide bonds. The Bertz CT molecular complexity index is 510. The van der Waals surface area contributed by atoms with Crippen LogP contribution in [0.5, 0.6) is 0 Å². The molecule has 2 heterocycles. The number of aromatic nitrogens is 1. The van der Waals surface area contributed by atoms with E-state index in [0.29, 0.717) is 6.04 Å². The molecule has 0 saturated carbocycles. The summed E-state index contributed by atoms with van der Waals surface area (Å²) in [6.45, 7) is 3.93. The van der Waals surface area contributed by atoms with Crippen molar-refractivity contribution in [1.29, 1.82) is 0 Å². The van der Waals surface area contributed by atoms with Gasteiger partial charge in [-0.15, -0.1) is 0 Å². The van der Waals surface area contributed by atoms with Crippen LogP contribution in [0.2, 0.25) is 0 Å². The molecule has 1 saturated heterocycles. The summed E-state index contributed by atoms with van der Waals surface area (Å²) in [4.78, 5) is 6.38. The SMILES string of the molecule is CC(CS(C)(=O)=O)NC1CCN(c2ccncc2)CC1. The normalized spacial score (nSPS) is 19.0. The molecule has 1 aliphatic heterocycles. The lowest BCUT2D eigenvalue weighted by Gasteiger charge is -2.35. The number of hydrogen-bond acceptors (Lipinski definition) is 5. The van der Waals surface area contributed by atoms with Gasteiger partial charge in [-0.2, -0.15) is 0 Å². The number of sulfone groups is 1. The second kappa shape index (κ2) is 6.54. The predicted octanol–water partition coefficient (Wildman–Crippen LogP) is 1.07. The topological polar surface area (TPSA) is 62.3 Å². The van der Waals surface area contributed by atoms with Crippen LogP contribution in [0.4, 0.5) is 5.69 Å². The van der Waals surface area contributed by atoms with Crippen molar-refractivity contribution >= 4 is 15.5 Å². The number of nitrogens with zero attached hydrogens (tertiary/aromatic N) is 2. The second-order valence-corrected chi connectivity index (χ2v) is 7.81. The van der Waals surface area contributed by atoms with Crippen molar-refractivity contribution in [2.45, 2.75) is 31.8 Å². The van der Waals surface area contributed by atoms with Crippen molar-refractivity contribution < 1.29 is 8.42 Å². The van der Waals surface area contributed by atoms with Crippen molar-refractivity contribution in [1.82, 2.24) is 10.3 Å². The van der Waals surface area contributed by atoms with Gasteiger partial charge in [-0.25, -0.2) is 8.42 Å². The van der Waals surface area contributed by atoms with E-state index in [1.165, 1.54) is 11.9 Å². The summed E-state index contributed by atoms with van der Waals surface area (Å²) in [6, 6.07) is 4.48. The molecule has 1 atom stereocenters. The Kier molecular flexibility index (Phi) is 4.99. The van der Waals surface area contributed by atoms with E-state index in [1.807, 2.05) is 31.5 Å². The average Bonchev–Trinajstić information content (AvgIpc) is 2.38. The van der Waals surface area contributed by atoms with Crippen LogP contribution < -0.4 is 10.2 Å². The largest absolute Gasteiger partial charge is 0.371 e. The van der Waals surface area contributed by atoms with E-state index in [0.717, 1.165) is 25.9 Å². The van der Waals surface area contributed by atoms with Gasteiger partial charge in [0.05, 0.1) is 5.75 Å². The molecule has 0 bridgehead atoms. The summed E-state index contributed by atoms with van der Waals surface area (Å²) in [5, 5.41) is 3.43. The lowest BCUT2D eigenvalue weighted by molar-refractivity contribution is 0.387. The van der Waals surface area contributed by atoms with Crippen LogP contribution in [0.3, 0.4) is 0 Å². The van der Waals surface area contributed by atoms with E-state index in [4.69, 9.17) is 0 Å². The smallest absolute Gasteiger partial charge is 0.148 e. The fourth-order valence-electron chi connectivity index (χ4n) is 2.76. The van der Waals surface area contributed by atoms with Gasteiger partial charge in [0.1, 0.15) is 9.84 Å². The molecule has 1 aromatic rings. The van der Waals surface area contributed by atoms with Gasteiger partial charge in [-0.1, -0.05) is 0 Å². The van der Waals surface area contributed by atoms with Crippen LogP contribution in [0.1, 0.15) is 19.8 Å². The number of piperidine rings is 1. The first-order valence-electron chi connectivity index (χ1n) is 7.03. The molecular weight excluding hydrogens is 274 g/mol. The summed E-state index contributed by atoms with van der Waals surface area (Å²) in [5.41, 5.74) is 1.21. The molecule has 1 N–H and O–H groups in total. The lowest BCUT2D eigenvalue weighted by atomic mass is 10.0. The van der Waals surface area contributed by atoms with Crippen molar-refractivity contribution in [2.75, 3.05) is 30.0 Å². The fourth-order valence-corrected chi connectivity index (χ4v) is 3.77. The molecule has 112 valence electrons. The van der Waals surface area contributed by atoms with Crippen LogP contribution in [0.25, 0.3) is 0 Å². The van der Waals surface area contributed by atoms with Gasteiger partial charge in [-0.3, -0.25) is 4.98 Å². The van der Waals surface area contributed by atoms with Crippen LogP contribution >= 0.6 is 0 Å². The minimum atomic E-state index is -2.91. The minimum absolute atomic E-state index is 0.0162. The third kappa shape index (κ3) is 4.76. The number of pyridine rings is 1. The van der Waals surface area contributed by atoms with Crippen LogP contribution in [0.15, 0.2) is 24.5 Å². The van der Waals surface area contributed by atoms with Crippen molar-refractivity contribution in [3.05, 3.63) is 24.5 Å². The van der Waals surface area contributed by atoms with E-state index in [2.05, 4.69) is 15.2 Å². The fraction of sp³-hybridized carbons (Fsp3) is 0.643. The lowest BCUT2D eigenvalue weighted by Crippen LogP contribution is -2.47. The van der Waals surface area contributed by atoms with Gasteiger partial charge in [-0.05, 0) is 31.9 Å². The molecule has 6 heteroatoms. The molecule has 0 aliphatic carbocycles. The first-order valence-corrected chi connectivity index (χ1v) is 9.09. The standard InChI is InChI=1S/C14H23N3O2S/c1-12(11-20(2,18)19)16-13-5-9-17(10-6-13)14-3-7-15-8-4-14/h3-4,7-8,12-13,16H,5-6,9-11H2,1-2H3. The van der Waals surface area contributed by atoms with E-state index in [1.54, 1.807) is 0 Å². The Morgan fingerprint density at radius 3 is 2.50 bits per heavy atom. The highest BCUT2D eigenvalue weighted by Gasteiger charge is 2.21. The maximum Gasteiger partial charge on any atom is 0.148 e. The summed E-state index contributed by atoms with van der Waals surface area (Å²) < 4.78 is 22.5. The van der Waals surface area contributed by atoms with Gasteiger partial charge >= 0.3 is 0 Å². The van der Waals surface area contributed by atoms with E-state index >= 15 is 0 Å². The number of nitrogens with one attached hydrogen (secondary N) is 1. The van der Waals surface area contributed by atoms with Gasteiger partial charge in [0.25, 0.3) is 0 Å². The maximum atomic E-state index is 11.3. The molecule has 1 fully saturated rings. The Balaban J connectivity index is 1.80. The van der Waals surface area contributed by atoms with E-state index < -0.39 is 9.84 Å². The average molecular weight is 297 g/mol. The maximum absolute atomic E-state index is 11.3. The highest BCUT2D eigenvalue weighted by atomic mass is 32.2. The number of hydrogen-bond donors (Lipinski definition) is 1. The van der Waals surface area contributed by atoms with Gasteiger partial charge in [0, 0.05) is 49.5 Å². The third-order valence-corrected chi connectivity index (χ3v) is 4.70. The monoisotopic (exact) mass is 297 g/mol. The molecule has 2 rings (SSSR count). The second-order valence-electron chi connectivity index (χ2n) is 5.63. The zero-order valence-corrected chi connectivity index (χ0v) is 12.9. The Morgan fingerprint density at radius 2 is 1.95 bits per heavy atom. The zero-order chi connectivity index (χ0) is 14.6. The number of anilines is 1. The molecule has 20 heavy (non-hydrogen) atoms. The van der Waals surface area contributed by atoms with Crippen molar-refractivity contribution in [3.8, 4) is 0 Å². The summed E-state index contributed by atoms with van der Waals surface area (Å²) >= 11 is 0. The molecule has 1 aromatic heterocycles. The molecule has 5 nitrogen and oxygen atoms in total. The molecule has 0 spiro atoms. The van der Waals surface area contributed by atoms with E-state index in [-0.39, 0.29) is 11.8 Å². The van der Waals surface area contributed by atoms with Gasteiger partial charge in [0.15, 0.2) is 0 Å². The Hall–Kier alpha value is -1.14. The first kappa shape index (κ1) is 15.3. The quantitative estimate of drug-likeness (QED) is 0.881.